The number of hydrogen-bond donors (Lipinski definition) is 0. The van der Waals surface area contributed by atoms with Crippen molar-refractivity contribution in [3.05, 3.63) is 27.3 Å². The molecule has 1 fully saturated rings. The molecule has 1 saturated heterocycles. The molecule has 0 bridgehead atoms. The summed E-state index contributed by atoms with van der Waals surface area (Å²) in [5.74, 6) is -2.45. The lowest BCUT2D eigenvalue weighted by Crippen LogP contribution is -2.58. The third-order valence-electron chi connectivity index (χ3n) is 2.54. The van der Waals surface area contributed by atoms with Crippen LogP contribution in [-0.4, -0.2) is 36.9 Å². The number of amides is 1. The minimum Gasteiger partial charge on any atom is -0.497 e. The summed E-state index contributed by atoms with van der Waals surface area (Å²) in [7, 11) is 1.53. The third-order valence-corrected chi connectivity index (χ3v) is 3.43. The summed E-state index contributed by atoms with van der Waals surface area (Å²) in [6.45, 7) is -0.984. The summed E-state index contributed by atoms with van der Waals surface area (Å²) in [4.78, 5) is 13.0. The van der Waals surface area contributed by atoms with Gasteiger partial charge in [-0.2, -0.15) is 0 Å². The van der Waals surface area contributed by atoms with E-state index in [0.717, 1.165) is 4.90 Å². The van der Waals surface area contributed by atoms with Crippen molar-refractivity contribution in [3.8, 4) is 5.75 Å². The Labute approximate surface area is 111 Å². The van der Waals surface area contributed by atoms with Crippen LogP contribution in [0.1, 0.15) is 10.4 Å². The molecule has 1 aliphatic rings. The van der Waals surface area contributed by atoms with Crippen LogP contribution in [0.3, 0.4) is 0 Å². The van der Waals surface area contributed by atoms with Gasteiger partial charge in [-0.05, 0) is 40.8 Å². The Hall–Kier alpha value is -0.920. The van der Waals surface area contributed by atoms with Gasteiger partial charge in [0.25, 0.3) is 11.8 Å². The van der Waals surface area contributed by atoms with Crippen LogP contribution < -0.4 is 4.74 Å². The summed E-state index contributed by atoms with van der Waals surface area (Å²) < 4.78 is 31.0. The Morgan fingerprint density at radius 3 is 2.59 bits per heavy atom. The largest absolute Gasteiger partial charge is 0.497 e. The zero-order valence-corrected chi connectivity index (χ0v) is 11.2. The zero-order valence-electron chi connectivity index (χ0n) is 9.04. The van der Waals surface area contributed by atoms with Gasteiger partial charge >= 0.3 is 0 Å². The van der Waals surface area contributed by atoms with Gasteiger partial charge < -0.3 is 9.64 Å². The van der Waals surface area contributed by atoms with Crippen molar-refractivity contribution in [1.82, 2.24) is 4.90 Å². The van der Waals surface area contributed by atoms with Crippen molar-refractivity contribution in [1.29, 1.82) is 0 Å². The molecule has 0 spiro atoms. The molecule has 0 unspecified atom stereocenters. The number of hydrogen-bond acceptors (Lipinski definition) is 2. The van der Waals surface area contributed by atoms with E-state index in [1.807, 2.05) is 22.6 Å². The Morgan fingerprint density at radius 2 is 2.12 bits per heavy atom. The average Bonchev–Trinajstić information content (AvgIpc) is 2.24. The topological polar surface area (TPSA) is 29.5 Å². The summed E-state index contributed by atoms with van der Waals surface area (Å²) >= 11 is 1.99. The van der Waals surface area contributed by atoms with E-state index in [0.29, 0.717) is 14.9 Å². The molecule has 1 aromatic carbocycles. The molecule has 0 radical (unpaired) electrons. The molecule has 6 heteroatoms. The van der Waals surface area contributed by atoms with Crippen molar-refractivity contribution >= 4 is 28.5 Å². The third kappa shape index (κ3) is 2.51. The number of nitrogens with zero attached hydrogens (tertiary/aromatic N) is 1. The van der Waals surface area contributed by atoms with Gasteiger partial charge in [-0.15, -0.1) is 0 Å². The quantitative estimate of drug-likeness (QED) is 0.765. The highest BCUT2D eigenvalue weighted by Gasteiger charge is 2.46. The minimum atomic E-state index is -2.73. The van der Waals surface area contributed by atoms with E-state index < -0.39 is 19.0 Å². The smallest absolute Gasteiger partial charge is 0.282 e. The standard InChI is InChI=1S/C11H10F2INO2/c1-17-7-2-3-8(9(14)4-7)10(16)15-5-11(12,13)6-15/h2-4H,5-6H2,1H3. The van der Waals surface area contributed by atoms with E-state index >= 15 is 0 Å². The molecule has 2 rings (SSSR count). The maximum absolute atomic E-state index is 12.7. The van der Waals surface area contributed by atoms with Gasteiger partial charge in [0.1, 0.15) is 5.75 Å². The zero-order chi connectivity index (χ0) is 12.6. The Balaban J connectivity index is 2.15. The molecule has 92 valence electrons. The van der Waals surface area contributed by atoms with E-state index in [4.69, 9.17) is 4.74 Å². The Morgan fingerprint density at radius 1 is 1.47 bits per heavy atom. The van der Waals surface area contributed by atoms with E-state index in [-0.39, 0.29) is 5.91 Å². The lowest BCUT2D eigenvalue weighted by atomic mass is 10.1. The van der Waals surface area contributed by atoms with E-state index in [9.17, 15) is 13.6 Å². The Bertz CT molecular complexity index is 457. The molecule has 1 heterocycles. The molecule has 0 saturated carbocycles. The van der Waals surface area contributed by atoms with Gasteiger partial charge in [0.15, 0.2) is 0 Å². The van der Waals surface area contributed by atoms with Crippen molar-refractivity contribution < 1.29 is 18.3 Å². The van der Waals surface area contributed by atoms with Crippen molar-refractivity contribution in [2.45, 2.75) is 5.92 Å². The summed E-state index contributed by atoms with van der Waals surface area (Å²) in [5, 5.41) is 0. The van der Waals surface area contributed by atoms with Crippen LogP contribution in [0.15, 0.2) is 18.2 Å². The van der Waals surface area contributed by atoms with Crippen LogP contribution in [0.5, 0.6) is 5.75 Å². The number of ether oxygens (including phenoxy) is 1. The van der Waals surface area contributed by atoms with Gasteiger partial charge in [-0.1, -0.05) is 0 Å². The molecule has 0 aromatic heterocycles. The highest BCUT2D eigenvalue weighted by molar-refractivity contribution is 14.1. The van der Waals surface area contributed by atoms with E-state index in [2.05, 4.69) is 0 Å². The second kappa shape index (κ2) is 4.40. The van der Waals surface area contributed by atoms with Crippen LogP contribution in [0, 0.1) is 3.57 Å². The highest BCUT2D eigenvalue weighted by Crippen LogP contribution is 2.29. The molecule has 1 amide bonds. The molecule has 1 aliphatic heterocycles. The van der Waals surface area contributed by atoms with Crippen LogP contribution >= 0.6 is 22.6 Å². The molecule has 17 heavy (non-hydrogen) atoms. The molecule has 1 aromatic rings. The monoisotopic (exact) mass is 353 g/mol. The first-order chi connectivity index (χ1) is 7.93. The second-order valence-corrected chi connectivity index (χ2v) is 5.03. The molecular weight excluding hydrogens is 343 g/mol. The van der Waals surface area contributed by atoms with Crippen LogP contribution in [0.25, 0.3) is 0 Å². The van der Waals surface area contributed by atoms with Crippen LogP contribution in [0.4, 0.5) is 8.78 Å². The van der Waals surface area contributed by atoms with Crippen LogP contribution in [0.2, 0.25) is 0 Å². The number of methoxy groups -OCH3 is 1. The first-order valence-corrected chi connectivity index (χ1v) is 6.01. The molecule has 0 atom stereocenters. The first-order valence-electron chi connectivity index (χ1n) is 4.93. The van der Waals surface area contributed by atoms with Gasteiger partial charge in [0, 0.05) is 3.57 Å². The fourth-order valence-electron chi connectivity index (χ4n) is 1.62. The number of alkyl halides is 2. The fourth-order valence-corrected chi connectivity index (χ4v) is 2.34. The normalized spacial score (nSPS) is 17.5. The summed E-state index contributed by atoms with van der Waals surface area (Å²) in [6.07, 6.45) is 0. The van der Waals surface area contributed by atoms with Crippen molar-refractivity contribution in [2.24, 2.45) is 0 Å². The maximum Gasteiger partial charge on any atom is 0.282 e. The van der Waals surface area contributed by atoms with E-state index in [1.54, 1.807) is 18.2 Å². The van der Waals surface area contributed by atoms with Gasteiger partial charge in [-0.25, -0.2) is 8.78 Å². The first kappa shape index (κ1) is 12.5. The molecule has 3 nitrogen and oxygen atoms in total. The number of likely N-dealkylation sites (tertiary alicyclic amines) is 1. The lowest BCUT2D eigenvalue weighted by molar-refractivity contribution is -0.113. The molecule has 0 aliphatic carbocycles. The predicted molar refractivity (Wildman–Crippen MR) is 66.6 cm³/mol. The molecule has 0 N–H and O–H groups in total. The molecular formula is C11H10F2INO2. The summed E-state index contributed by atoms with van der Waals surface area (Å²) in [6, 6.07) is 4.94. The number of rotatable bonds is 2. The highest BCUT2D eigenvalue weighted by atomic mass is 127. The number of halogens is 3. The van der Waals surface area contributed by atoms with Gasteiger partial charge in [0.05, 0.1) is 25.8 Å². The van der Waals surface area contributed by atoms with Gasteiger partial charge in [0.2, 0.25) is 0 Å². The Kier molecular flexibility index (Phi) is 3.24. The minimum absolute atomic E-state index is 0.358. The van der Waals surface area contributed by atoms with Crippen molar-refractivity contribution in [2.75, 3.05) is 20.2 Å². The van der Waals surface area contributed by atoms with Crippen LogP contribution in [-0.2, 0) is 0 Å². The van der Waals surface area contributed by atoms with Gasteiger partial charge in [-0.3, -0.25) is 4.79 Å². The lowest BCUT2D eigenvalue weighted by Gasteiger charge is -2.38. The average molecular weight is 353 g/mol. The second-order valence-electron chi connectivity index (χ2n) is 3.86. The number of benzene rings is 1. The van der Waals surface area contributed by atoms with E-state index in [1.165, 1.54) is 7.11 Å². The fraction of sp³-hybridized carbons (Fsp3) is 0.364. The summed E-state index contributed by atoms with van der Waals surface area (Å²) in [5.41, 5.74) is 0.432. The SMILES string of the molecule is COc1ccc(C(=O)N2CC(F)(F)C2)c(I)c1. The predicted octanol–water partition coefficient (Wildman–Crippen LogP) is 2.39. The maximum atomic E-state index is 12.7. The van der Waals surface area contributed by atoms with Crippen molar-refractivity contribution in [3.63, 3.8) is 0 Å². The number of carbonyl (C=O) groups excluding carboxylic acids is 1. The number of carbonyl (C=O) groups is 1.